The van der Waals surface area contributed by atoms with Gasteiger partial charge in [0.05, 0.1) is 13.5 Å². The standard InChI is InChI=1S/C13H24N2O2/c1-12(2)4-6-14-8-10-15(11-9-14)7-5-13(16)17-3/h1,4-11H2,2-3H3. The number of esters is 1. The summed E-state index contributed by atoms with van der Waals surface area (Å²) in [5.41, 5.74) is 1.25. The molecule has 98 valence electrons. The molecule has 0 aromatic carbocycles. The molecular formula is C13H24N2O2. The van der Waals surface area contributed by atoms with Gasteiger partial charge in [0.25, 0.3) is 0 Å². The zero-order valence-corrected chi connectivity index (χ0v) is 11.1. The molecule has 1 saturated heterocycles. The lowest BCUT2D eigenvalue weighted by Gasteiger charge is -2.34. The Morgan fingerprint density at radius 2 is 1.59 bits per heavy atom. The Kier molecular flexibility index (Phi) is 6.22. The molecule has 0 bridgehead atoms. The quantitative estimate of drug-likeness (QED) is 0.515. The SMILES string of the molecule is C=C(C)CCN1CCN(CCC(=O)OC)CC1. The molecule has 4 heteroatoms. The Hall–Kier alpha value is -0.870. The lowest BCUT2D eigenvalue weighted by Crippen LogP contribution is -2.47. The zero-order chi connectivity index (χ0) is 12.7. The lowest BCUT2D eigenvalue weighted by atomic mass is 10.2. The van der Waals surface area contributed by atoms with Crippen molar-refractivity contribution in [1.29, 1.82) is 0 Å². The van der Waals surface area contributed by atoms with Gasteiger partial charge in [0.2, 0.25) is 0 Å². The molecule has 0 aromatic heterocycles. The van der Waals surface area contributed by atoms with E-state index in [1.807, 2.05) is 0 Å². The van der Waals surface area contributed by atoms with Gasteiger partial charge < -0.3 is 14.5 Å². The first kappa shape index (κ1) is 14.2. The molecule has 0 atom stereocenters. The van der Waals surface area contributed by atoms with Crippen LogP contribution in [0.15, 0.2) is 12.2 Å². The van der Waals surface area contributed by atoms with Crippen LogP contribution in [0.25, 0.3) is 0 Å². The second kappa shape index (κ2) is 7.45. The highest BCUT2D eigenvalue weighted by atomic mass is 16.5. The van der Waals surface area contributed by atoms with Crippen molar-refractivity contribution in [3.05, 3.63) is 12.2 Å². The molecule has 0 radical (unpaired) electrons. The number of rotatable bonds is 6. The number of methoxy groups -OCH3 is 1. The van der Waals surface area contributed by atoms with Gasteiger partial charge in [-0.15, -0.1) is 6.58 Å². The Balaban J connectivity index is 2.13. The first-order valence-electron chi connectivity index (χ1n) is 6.27. The Bertz CT molecular complexity index is 258. The van der Waals surface area contributed by atoms with E-state index in [1.165, 1.54) is 12.7 Å². The summed E-state index contributed by atoms with van der Waals surface area (Å²) < 4.78 is 4.64. The first-order valence-corrected chi connectivity index (χ1v) is 6.27. The number of nitrogens with zero attached hydrogens (tertiary/aromatic N) is 2. The van der Waals surface area contributed by atoms with Crippen molar-refractivity contribution in [3.8, 4) is 0 Å². The van der Waals surface area contributed by atoms with E-state index in [2.05, 4.69) is 28.0 Å². The molecular weight excluding hydrogens is 216 g/mol. The molecule has 1 aliphatic heterocycles. The number of carbonyl (C=O) groups excluding carboxylic acids is 1. The number of carbonyl (C=O) groups is 1. The molecule has 0 saturated carbocycles. The van der Waals surface area contributed by atoms with Crippen LogP contribution >= 0.6 is 0 Å². The summed E-state index contributed by atoms with van der Waals surface area (Å²) in [5, 5.41) is 0. The van der Waals surface area contributed by atoms with Crippen molar-refractivity contribution in [2.45, 2.75) is 19.8 Å². The minimum Gasteiger partial charge on any atom is -0.469 e. The topological polar surface area (TPSA) is 32.8 Å². The van der Waals surface area contributed by atoms with Crippen LogP contribution < -0.4 is 0 Å². The van der Waals surface area contributed by atoms with Crippen molar-refractivity contribution in [1.82, 2.24) is 9.80 Å². The third kappa shape index (κ3) is 5.84. The van der Waals surface area contributed by atoms with E-state index in [1.54, 1.807) is 0 Å². The monoisotopic (exact) mass is 240 g/mol. The van der Waals surface area contributed by atoms with Gasteiger partial charge in [0.15, 0.2) is 0 Å². The minimum absolute atomic E-state index is 0.116. The molecule has 1 aliphatic rings. The highest BCUT2D eigenvalue weighted by Crippen LogP contribution is 2.05. The van der Waals surface area contributed by atoms with Gasteiger partial charge in [-0.3, -0.25) is 4.79 Å². The Morgan fingerprint density at radius 3 is 2.00 bits per heavy atom. The van der Waals surface area contributed by atoms with E-state index in [9.17, 15) is 4.79 Å². The fourth-order valence-corrected chi connectivity index (χ4v) is 1.94. The van der Waals surface area contributed by atoms with Crippen LogP contribution in [-0.4, -0.2) is 62.1 Å². The van der Waals surface area contributed by atoms with Crippen molar-refractivity contribution in [3.63, 3.8) is 0 Å². The predicted octanol–water partition coefficient (Wildman–Crippen LogP) is 1.13. The third-order valence-electron chi connectivity index (χ3n) is 3.18. The lowest BCUT2D eigenvalue weighted by molar-refractivity contribution is -0.141. The van der Waals surface area contributed by atoms with E-state index in [-0.39, 0.29) is 5.97 Å². The molecule has 1 fully saturated rings. The predicted molar refractivity (Wildman–Crippen MR) is 68.9 cm³/mol. The Morgan fingerprint density at radius 1 is 1.12 bits per heavy atom. The summed E-state index contributed by atoms with van der Waals surface area (Å²) in [6.07, 6.45) is 1.59. The summed E-state index contributed by atoms with van der Waals surface area (Å²) >= 11 is 0. The number of ether oxygens (including phenoxy) is 1. The van der Waals surface area contributed by atoms with Gasteiger partial charge in [-0.1, -0.05) is 5.57 Å². The normalized spacial score (nSPS) is 18.0. The van der Waals surface area contributed by atoms with Crippen molar-refractivity contribution in [2.75, 3.05) is 46.4 Å². The van der Waals surface area contributed by atoms with Gasteiger partial charge in [-0.2, -0.15) is 0 Å². The molecule has 17 heavy (non-hydrogen) atoms. The van der Waals surface area contributed by atoms with Crippen molar-refractivity contribution < 1.29 is 9.53 Å². The minimum atomic E-state index is -0.116. The highest BCUT2D eigenvalue weighted by Gasteiger charge is 2.16. The van der Waals surface area contributed by atoms with Crippen molar-refractivity contribution >= 4 is 5.97 Å². The number of hydrogen-bond acceptors (Lipinski definition) is 4. The maximum absolute atomic E-state index is 11.0. The van der Waals surface area contributed by atoms with Gasteiger partial charge >= 0.3 is 5.97 Å². The molecule has 0 unspecified atom stereocenters. The number of hydrogen-bond donors (Lipinski definition) is 0. The van der Waals surface area contributed by atoms with Crippen LogP contribution in [0.5, 0.6) is 0 Å². The molecule has 0 aromatic rings. The average Bonchev–Trinajstić information content (AvgIpc) is 2.34. The fraction of sp³-hybridized carbons (Fsp3) is 0.769. The van der Waals surface area contributed by atoms with Crippen LogP contribution in [0.2, 0.25) is 0 Å². The van der Waals surface area contributed by atoms with E-state index in [4.69, 9.17) is 0 Å². The van der Waals surface area contributed by atoms with Crippen molar-refractivity contribution in [2.24, 2.45) is 0 Å². The second-order valence-corrected chi connectivity index (χ2v) is 4.72. The third-order valence-corrected chi connectivity index (χ3v) is 3.18. The summed E-state index contributed by atoms with van der Waals surface area (Å²) in [6, 6.07) is 0. The first-order chi connectivity index (χ1) is 8.11. The Labute approximate surface area is 104 Å². The fourth-order valence-electron chi connectivity index (χ4n) is 1.94. The van der Waals surface area contributed by atoms with E-state index in [0.29, 0.717) is 6.42 Å². The summed E-state index contributed by atoms with van der Waals surface area (Å²) in [6.45, 7) is 12.2. The smallest absolute Gasteiger partial charge is 0.306 e. The summed E-state index contributed by atoms with van der Waals surface area (Å²) in [4.78, 5) is 15.8. The van der Waals surface area contributed by atoms with Gasteiger partial charge in [-0.25, -0.2) is 0 Å². The van der Waals surface area contributed by atoms with Crippen LogP contribution in [-0.2, 0) is 9.53 Å². The van der Waals surface area contributed by atoms with Crippen LogP contribution in [0.3, 0.4) is 0 Å². The molecule has 1 heterocycles. The molecule has 0 amide bonds. The maximum atomic E-state index is 11.0. The summed E-state index contributed by atoms with van der Waals surface area (Å²) in [5.74, 6) is -0.116. The van der Waals surface area contributed by atoms with Crippen LogP contribution in [0.4, 0.5) is 0 Å². The van der Waals surface area contributed by atoms with Gasteiger partial charge in [-0.05, 0) is 13.3 Å². The molecule has 0 spiro atoms. The molecule has 0 aliphatic carbocycles. The summed E-state index contributed by atoms with van der Waals surface area (Å²) in [7, 11) is 1.44. The number of piperazine rings is 1. The molecule has 1 rings (SSSR count). The average molecular weight is 240 g/mol. The highest BCUT2D eigenvalue weighted by molar-refractivity contribution is 5.69. The largest absolute Gasteiger partial charge is 0.469 e. The maximum Gasteiger partial charge on any atom is 0.306 e. The van der Waals surface area contributed by atoms with Gasteiger partial charge in [0, 0.05) is 39.3 Å². The zero-order valence-electron chi connectivity index (χ0n) is 11.1. The van der Waals surface area contributed by atoms with E-state index < -0.39 is 0 Å². The molecule has 0 N–H and O–H groups in total. The second-order valence-electron chi connectivity index (χ2n) is 4.72. The molecule has 4 nitrogen and oxygen atoms in total. The van der Waals surface area contributed by atoms with E-state index in [0.717, 1.165) is 45.7 Å². The van der Waals surface area contributed by atoms with E-state index >= 15 is 0 Å². The van der Waals surface area contributed by atoms with Crippen LogP contribution in [0.1, 0.15) is 19.8 Å². The van der Waals surface area contributed by atoms with Crippen LogP contribution in [0, 0.1) is 0 Å². The van der Waals surface area contributed by atoms with Gasteiger partial charge in [0.1, 0.15) is 0 Å².